The van der Waals surface area contributed by atoms with E-state index in [4.69, 9.17) is 23.7 Å². The smallest absolute Gasteiger partial charge is 0.130 e. The van der Waals surface area contributed by atoms with Crippen molar-refractivity contribution >= 4 is 0 Å². The zero-order valence-electron chi connectivity index (χ0n) is 13.2. The van der Waals surface area contributed by atoms with Crippen molar-refractivity contribution in [2.75, 3.05) is 54.8 Å². The van der Waals surface area contributed by atoms with Crippen LogP contribution in [0.1, 0.15) is 5.56 Å². The molecule has 0 radical (unpaired) electrons. The van der Waals surface area contributed by atoms with E-state index in [-0.39, 0.29) is 0 Å². The molecule has 0 unspecified atom stereocenters. The summed E-state index contributed by atoms with van der Waals surface area (Å²) in [4.78, 5) is 0. The monoisotopic (exact) mass is 299 g/mol. The Kier molecular flexibility index (Phi) is 8.57. The Balaban J connectivity index is 2.53. The molecule has 0 bridgehead atoms. The first-order valence-corrected chi connectivity index (χ1v) is 6.83. The summed E-state index contributed by atoms with van der Waals surface area (Å²) in [7, 11) is 6.53. The van der Waals surface area contributed by atoms with Crippen LogP contribution in [0.2, 0.25) is 0 Å². The highest BCUT2D eigenvalue weighted by atomic mass is 16.5. The van der Waals surface area contributed by atoms with Gasteiger partial charge in [0.15, 0.2) is 0 Å². The number of ether oxygens (including phenoxy) is 5. The molecular formula is C15H25NO5. The molecule has 21 heavy (non-hydrogen) atoms. The normalized spacial score (nSPS) is 10.5. The third-order valence-electron chi connectivity index (χ3n) is 2.97. The highest BCUT2D eigenvalue weighted by molar-refractivity contribution is 5.50. The second kappa shape index (κ2) is 10.3. The maximum absolute atomic E-state index is 5.39. The van der Waals surface area contributed by atoms with E-state index in [2.05, 4.69) is 5.32 Å². The van der Waals surface area contributed by atoms with E-state index in [9.17, 15) is 0 Å². The zero-order valence-corrected chi connectivity index (χ0v) is 13.2. The molecule has 0 amide bonds. The lowest BCUT2D eigenvalue weighted by Gasteiger charge is -2.15. The largest absolute Gasteiger partial charge is 0.496 e. The Morgan fingerprint density at radius 1 is 0.857 bits per heavy atom. The molecule has 0 saturated heterocycles. The van der Waals surface area contributed by atoms with Crippen LogP contribution in [0.15, 0.2) is 12.1 Å². The van der Waals surface area contributed by atoms with Crippen LogP contribution in [0.3, 0.4) is 0 Å². The predicted molar refractivity (Wildman–Crippen MR) is 80.5 cm³/mol. The van der Waals surface area contributed by atoms with Gasteiger partial charge in [0.2, 0.25) is 0 Å². The Bertz CT molecular complexity index is 386. The molecule has 1 aromatic carbocycles. The van der Waals surface area contributed by atoms with Gasteiger partial charge in [0.1, 0.15) is 17.2 Å². The summed E-state index contributed by atoms with van der Waals surface area (Å²) in [5.74, 6) is 2.17. The van der Waals surface area contributed by atoms with E-state index in [1.54, 1.807) is 28.4 Å². The van der Waals surface area contributed by atoms with Crippen molar-refractivity contribution in [3.63, 3.8) is 0 Å². The molecule has 0 heterocycles. The average molecular weight is 299 g/mol. The summed E-state index contributed by atoms with van der Waals surface area (Å²) in [6, 6.07) is 3.68. The summed E-state index contributed by atoms with van der Waals surface area (Å²) >= 11 is 0. The molecule has 0 aliphatic carbocycles. The maximum Gasteiger partial charge on any atom is 0.130 e. The average Bonchev–Trinajstić information content (AvgIpc) is 2.53. The minimum Gasteiger partial charge on any atom is -0.496 e. The van der Waals surface area contributed by atoms with Crippen molar-refractivity contribution in [1.29, 1.82) is 0 Å². The van der Waals surface area contributed by atoms with Crippen molar-refractivity contribution in [2.24, 2.45) is 0 Å². The van der Waals surface area contributed by atoms with Crippen LogP contribution in [-0.4, -0.2) is 54.8 Å². The highest BCUT2D eigenvalue weighted by Gasteiger charge is 2.12. The van der Waals surface area contributed by atoms with Gasteiger partial charge in [-0.05, 0) is 0 Å². The molecule has 0 saturated carbocycles. The van der Waals surface area contributed by atoms with Crippen molar-refractivity contribution in [3.05, 3.63) is 17.7 Å². The van der Waals surface area contributed by atoms with E-state index in [1.165, 1.54) is 0 Å². The van der Waals surface area contributed by atoms with Gasteiger partial charge in [-0.2, -0.15) is 0 Å². The fraction of sp³-hybridized carbons (Fsp3) is 0.600. The van der Waals surface area contributed by atoms with Gasteiger partial charge in [0.05, 0.1) is 46.7 Å². The lowest BCUT2D eigenvalue weighted by Crippen LogP contribution is -2.21. The molecule has 120 valence electrons. The van der Waals surface area contributed by atoms with E-state index in [0.717, 1.165) is 23.6 Å². The molecule has 0 atom stereocenters. The number of hydrogen-bond donors (Lipinski definition) is 1. The van der Waals surface area contributed by atoms with Gasteiger partial charge < -0.3 is 29.0 Å². The van der Waals surface area contributed by atoms with Crippen molar-refractivity contribution < 1.29 is 23.7 Å². The summed E-state index contributed by atoms with van der Waals surface area (Å²) in [5, 5.41) is 3.30. The number of benzene rings is 1. The zero-order chi connectivity index (χ0) is 15.5. The first-order valence-electron chi connectivity index (χ1n) is 6.83. The highest BCUT2D eigenvalue weighted by Crippen LogP contribution is 2.33. The third-order valence-corrected chi connectivity index (χ3v) is 2.97. The number of nitrogens with one attached hydrogen (secondary N) is 1. The van der Waals surface area contributed by atoms with E-state index < -0.39 is 0 Å². The molecule has 0 aliphatic rings. The molecule has 6 nitrogen and oxygen atoms in total. The van der Waals surface area contributed by atoms with Gasteiger partial charge >= 0.3 is 0 Å². The van der Waals surface area contributed by atoms with Crippen molar-refractivity contribution in [2.45, 2.75) is 6.54 Å². The van der Waals surface area contributed by atoms with E-state index >= 15 is 0 Å². The van der Waals surface area contributed by atoms with E-state index in [1.807, 2.05) is 12.1 Å². The van der Waals surface area contributed by atoms with Crippen LogP contribution in [0.25, 0.3) is 0 Å². The third kappa shape index (κ3) is 5.79. The fourth-order valence-corrected chi connectivity index (χ4v) is 1.85. The quantitative estimate of drug-likeness (QED) is 0.624. The minimum absolute atomic E-state index is 0.605. The lowest BCUT2D eigenvalue weighted by atomic mass is 10.1. The SMILES string of the molecule is COCCOCCNCc1c(OC)cc(OC)cc1OC. The molecule has 0 spiro atoms. The number of rotatable bonds is 11. The first-order chi connectivity index (χ1) is 10.3. The lowest BCUT2D eigenvalue weighted by molar-refractivity contribution is 0.0718. The summed E-state index contributed by atoms with van der Waals surface area (Å²) < 4.78 is 26.3. The topological polar surface area (TPSA) is 58.2 Å². The second-order valence-electron chi connectivity index (χ2n) is 4.29. The Morgan fingerprint density at radius 3 is 2.05 bits per heavy atom. The second-order valence-corrected chi connectivity index (χ2v) is 4.29. The molecular weight excluding hydrogens is 274 g/mol. The van der Waals surface area contributed by atoms with Gasteiger partial charge in [-0.25, -0.2) is 0 Å². The van der Waals surface area contributed by atoms with Crippen LogP contribution < -0.4 is 19.5 Å². The van der Waals surface area contributed by atoms with Gasteiger partial charge in [-0.1, -0.05) is 0 Å². The molecule has 0 aliphatic heterocycles. The molecule has 0 fully saturated rings. The van der Waals surface area contributed by atoms with Gasteiger partial charge in [-0.3, -0.25) is 0 Å². The van der Waals surface area contributed by atoms with Crippen LogP contribution >= 0.6 is 0 Å². The van der Waals surface area contributed by atoms with Crippen LogP contribution in [-0.2, 0) is 16.0 Å². The summed E-state index contributed by atoms with van der Waals surface area (Å²) in [6.07, 6.45) is 0. The summed E-state index contributed by atoms with van der Waals surface area (Å²) in [5.41, 5.74) is 0.956. The number of hydrogen-bond acceptors (Lipinski definition) is 6. The van der Waals surface area contributed by atoms with Gasteiger partial charge in [-0.15, -0.1) is 0 Å². The number of methoxy groups -OCH3 is 4. The minimum atomic E-state index is 0.605. The van der Waals surface area contributed by atoms with Crippen molar-refractivity contribution in [3.8, 4) is 17.2 Å². The summed E-state index contributed by atoms with van der Waals surface area (Å²) in [6.45, 7) is 3.21. The molecule has 1 N–H and O–H groups in total. The van der Waals surface area contributed by atoms with Crippen LogP contribution in [0.5, 0.6) is 17.2 Å². The van der Waals surface area contributed by atoms with Crippen LogP contribution in [0.4, 0.5) is 0 Å². The van der Waals surface area contributed by atoms with Crippen molar-refractivity contribution in [1.82, 2.24) is 5.32 Å². The Labute approximate surface area is 126 Å². The first kappa shape index (κ1) is 17.6. The molecule has 1 aromatic rings. The molecule has 6 heteroatoms. The fourth-order valence-electron chi connectivity index (χ4n) is 1.85. The van der Waals surface area contributed by atoms with E-state index in [0.29, 0.717) is 32.1 Å². The standard InChI is InChI=1S/C15H25NO5/c1-17-7-8-21-6-5-16-11-13-14(19-3)9-12(18-2)10-15(13)20-4/h9-10,16H,5-8,11H2,1-4H3. The Hall–Kier alpha value is -1.50. The molecule has 0 aromatic heterocycles. The molecule has 1 rings (SSSR count). The van der Waals surface area contributed by atoms with Gasteiger partial charge in [0.25, 0.3) is 0 Å². The predicted octanol–water partition coefficient (Wildman–Crippen LogP) is 1.46. The maximum atomic E-state index is 5.39. The Morgan fingerprint density at radius 2 is 1.52 bits per heavy atom. The van der Waals surface area contributed by atoms with Gasteiger partial charge in [0, 0.05) is 32.3 Å². The van der Waals surface area contributed by atoms with Crippen LogP contribution in [0, 0.1) is 0 Å².